The molecule has 0 fully saturated rings. The van der Waals surface area contributed by atoms with E-state index in [2.05, 4.69) is 0 Å². The second kappa shape index (κ2) is 6.83. The number of esters is 1. The summed E-state index contributed by atoms with van der Waals surface area (Å²) in [6.45, 7) is 3.41. The van der Waals surface area contributed by atoms with Crippen LogP contribution >= 0.6 is 0 Å². The Morgan fingerprint density at radius 3 is 2.40 bits per heavy atom. The Hall–Kier alpha value is -2.18. The minimum atomic E-state index is -1.17. The minimum absolute atomic E-state index is 0.184. The Morgan fingerprint density at radius 2 is 1.85 bits per heavy atom. The summed E-state index contributed by atoms with van der Waals surface area (Å²) in [6.07, 6.45) is 0. The highest BCUT2D eigenvalue weighted by molar-refractivity contribution is 6.00. The van der Waals surface area contributed by atoms with Crippen LogP contribution in [0, 0.1) is 11.6 Å². The fourth-order valence-corrected chi connectivity index (χ4v) is 1.61. The van der Waals surface area contributed by atoms with E-state index in [9.17, 15) is 18.4 Å². The summed E-state index contributed by atoms with van der Waals surface area (Å²) in [6, 6.07) is 1.46. The highest BCUT2D eigenvalue weighted by Gasteiger charge is 2.21. The number of nitrogen functional groups attached to an aromatic ring is 1. The number of amides is 1. The zero-order valence-electron chi connectivity index (χ0n) is 11.3. The van der Waals surface area contributed by atoms with Gasteiger partial charge in [-0.15, -0.1) is 0 Å². The largest absolute Gasteiger partial charge is 0.465 e. The minimum Gasteiger partial charge on any atom is -0.465 e. The molecule has 0 atom stereocenters. The van der Waals surface area contributed by atoms with Crippen LogP contribution in [0.3, 0.4) is 0 Å². The van der Waals surface area contributed by atoms with Crippen molar-refractivity contribution in [2.45, 2.75) is 13.8 Å². The van der Waals surface area contributed by atoms with Crippen LogP contribution in [0.5, 0.6) is 0 Å². The first-order chi connectivity index (χ1) is 9.40. The first kappa shape index (κ1) is 15.9. The number of nitrogens with two attached hydrogens (primary N) is 1. The molecule has 0 saturated carbocycles. The lowest BCUT2D eigenvalue weighted by Gasteiger charge is -2.20. The van der Waals surface area contributed by atoms with Crippen LogP contribution in [0.4, 0.5) is 14.5 Å². The topological polar surface area (TPSA) is 72.6 Å². The van der Waals surface area contributed by atoms with E-state index in [-0.39, 0.29) is 30.9 Å². The van der Waals surface area contributed by atoms with Gasteiger partial charge in [0.1, 0.15) is 6.54 Å². The average molecular weight is 286 g/mol. The third kappa shape index (κ3) is 3.66. The van der Waals surface area contributed by atoms with Crippen LogP contribution in [-0.4, -0.2) is 36.5 Å². The molecule has 1 aromatic carbocycles. The van der Waals surface area contributed by atoms with E-state index in [1.54, 1.807) is 13.8 Å². The molecular formula is C13H16F2N2O3. The fraction of sp³-hybridized carbons (Fsp3) is 0.385. The molecule has 2 N–H and O–H groups in total. The van der Waals surface area contributed by atoms with Gasteiger partial charge < -0.3 is 15.4 Å². The van der Waals surface area contributed by atoms with Crippen molar-refractivity contribution >= 4 is 17.6 Å². The van der Waals surface area contributed by atoms with Crippen LogP contribution in [-0.2, 0) is 9.53 Å². The Balaban J connectivity index is 2.97. The number of carbonyl (C=O) groups is 2. The molecule has 0 saturated heterocycles. The summed E-state index contributed by atoms with van der Waals surface area (Å²) >= 11 is 0. The molecule has 0 aliphatic carbocycles. The molecule has 20 heavy (non-hydrogen) atoms. The van der Waals surface area contributed by atoms with Gasteiger partial charge in [0, 0.05) is 18.3 Å². The van der Waals surface area contributed by atoms with Crippen molar-refractivity contribution in [1.29, 1.82) is 0 Å². The SMILES string of the molecule is CCOC(=O)CN(CC)C(=O)c1cc(F)c(F)cc1N. The molecule has 1 amide bonds. The van der Waals surface area contributed by atoms with Gasteiger partial charge >= 0.3 is 5.97 Å². The van der Waals surface area contributed by atoms with E-state index < -0.39 is 23.5 Å². The number of benzene rings is 1. The lowest BCUT2D eigenvalue weighted by molar-refractivity contribution is -0.143. The van der Waals surface area contributed by atoms with Crippen LogP contribution in [0.25, 0.3) is 0 Å². The van der Waals surface area contributed by atoms with Crippen LogP contribution < -0.4 is 5.73 Å². The van der Waals surface area contributed by atoms with E-state index in [4.69, 9.17) is 10.5 Å². The Bertz CT molecular complexity index is 521. The Labute approximate surface area is 115 Å². The summed E-state index contributed by atoms with van der Waals surface area (Å²) in [7, 11) is 0. The van der Waals surface area contributed by atoms with Gasteiger partial charge in [-0.05, 0) is 19.9 Å². The van der Waals surface area contributed by atoms with E-state index in [0.29, 0.717) is 0 Å². The van der Waals surface area contributed by atoms with Crippen molar-refractivity contribution in [3.63, 3.8) is 0 Å². The molecule has 0 unspecified atom stereocenters. The summed E-state index contributed by atoms with van der Waals surface area (Å²) in [5.74, 6) is -3.54. The predicted molar refractivity (Wildman–Crippen MR) is 69.0 cm³/mol. The first-order valence-electron chi connectivity index (χ1n) is 6.10. The molecule has 0 aromatic heterocycles. The van der Waals surface area contributed by atoms with Gasteiger partial charge in [0.05, 0.1) is 12.2 Å². The molecule has 5 nitrogen and oxygen atoms in total. The van der Waals surface area contributed by atoms with Gasteiger partial charge in [-0.2, -0.15) is 0 Å². The fourth-order valence-electron chi connectivity index (χ4n) is 1.61. The molecule has 0 aliphatic heterocycles. The number of likely N-dealkylation sites (N-methyl/N-ethyl adjacent to an activating group) is 1. The standard InChI is InChI=1S/C13H16F2N2O3/c1-3-17(7-12(18)20-4-2)13(19)8-5-9(14)10(15)6-11(8)16/h5-6H,3-4,7,16H2,1-2H3. The van der Waals surface area contributed by atoms with Crippen LogP contribution in [0.1, 0.15) is 24.2 Å². The second-order valence-corrected chi connectivity index (χ2v) is 3.98. The quantitative estimate of drug-likeness (QED) is 0.658. The molecule has 110 valence electrons. The lowest BCUT2D eigenvalue weighted by atomic mass is 10.1. The van der Waals surface area contributed by atoms with Gasteiger partial charge in [-0.3, -0.25) is 9.59 Å². The molecule has 0 radical (unpaired) electrons. The van der Waals surface area contributed by atoms with Crippen LogP contribution in [0.2, 0.25) is 0 Å². The summed E-state index contributed by atoms with van der Waals surface area (Å²) in [5, 5.41) is 0. The molecule has 0 aliphatic rings. The number of halogens is 2. The number of carbonyl (C=O) groups excluding carboxylic acids is 2. The summed E-state index contributed by atoms with van der Waals surface area (Å²) in [4.78, 5) is 24.7. The number of anilines is 1. The number of hydrogen-bond donors (Lipinski definition) is 1. The van der Waals surface area contributed by atoms with Gasteiger partial charge in [0.25, 0.3) is 5.91 Å². The zero-order valence-corrected chi connectivity index (χ0v) is 11.3. The molecule has 1 aromatic rings. The van der Waals surface area contributed by atoms with Crippen molar-refractivity contribution in [2.24, 2.45) is 0 Å². The van der Waals surface area contributed by atoms with E-state index in [1.165, 1.54) is 0 Å². The molecular weight excluding hydrogens is 270 g/mol. The zero-order chi connectivity index (χ0) is 15.3. The maximum absolute atomic E-state index is 13.2. The summed E-state index contributed by atoms with van der Waals surface area (Å²) in [5.41, 5.74) is 5.13. The Kier molecular flexibility index (Phi) is 5.42. The summed E-state index contributed by atoms with van der Waals surface area (Å²) < 4.78 is 30.9. The van der Waals surface area contributed by atoms with Gasteiger partial charge in [-0.25, -0.2) is 8.78 Å². The number of rotatable bonds is 5. The third-order valence-electron chi connectivity index (χ3n) is 2.62. The van der Waals surface area contributed by atoms with Crippen molar-refractivity contribution in [3.05, 3.63) is 29.3 Å². The Morgan fingerprint density at radius 1 is 1.25 bits per heavy atom. The lowest BCUT2D eigenvalue weighted by Crippen LogP contribution is -2.36. The number of hydrogen-bond acceptors (Lipinski definition) is 4. The van der Waals surface area contributed by atoms with Gasteiger partial charge in [0.2, 0.25) is 0 Å². The maximum Gasteiger partial charge on any atom is 0.325 e. The van der Waals surface area contributed by atoms with Crippen molar-refractivity contribution in [2.75, 3.05) is 25.4 Å². The van der Waals surface area contributed by atoms with E-state index in [1.807, 2.05) is 0 Å². The van der Waals surface area contributed by atoms with Crippen molar-refractivity contribution in [3.8, 4) is 0 Å². The smallest absolute Gasteiger partial charge is 0.325 e. The average Bonchev–Trinajstić information content (AvgIpc) is 2.39. The number of nitrogens with zero attached hydrogens (tertiary/aromatic N) is 1. The van der Waals surface area contributed by atoms with Crippen molar-refractivity contribution < 1.29 is 23.1 Å². The normalized spacial score (nSPS) is 10.2. The monoisotopic (exact) mass is 286 g/mol. The predicted octanol–water partition coefficient (Wildman–Crippen LogP) is 1.57. The van der Waals surface area contributed by atoms with Gasteiger partial charge in [0.15, 0.2) is 11.6 Å². The van der Waals surface area contributed by atoms with E-state index in [0.717, 1.165) is 17.0 Å². The third-order valence-corrected chi connectivity index (χ3v) is 2.62. The second-order valence-electron chi connectivity index (χ2n) is 3.98. The molecule has 0 heterocycles. The molecule has 0 bridgehead atoms. The van der Waals surface area contributed by atoms with Crippen molar-refractivity contribution in [1.82, 2.24) is 4.90 Å². The number of ether oxygens (including phenoxy) is 1. The van der Waals surface area contributed by atoms with E-state index >= 15 is 0 Å². The first-order valence-corrected chi connectivity index (χ1v) is 6.10. The van der Waals surface area contributed by atoms with Crippen LogP contribution in [0.15, 0.2) is 12.1 Å². The highest BCUT2D eigenvalue weighted by Crippen LogP contribution is 2.18. The van der Waals surface area contributed by atoms with Gasteiger partial charge in [-0.1, -0.05) is 0 Å². The molecule has 1 rings (SSSR count). The molecule has 0 spiro atoms. The highest BCUT2D eigenvalue weighted by atomic mass is 19.2. The molecule has 7 heteroatoms. The maximum atomic E-state index is 13.2.